The van der Waals surface area contributed by atoms with Crippen LogP contribution in [0.1, 0.15) is 0 Å². The second-order valence-corrected chi connectivity index (χ2v) is 7.72. The molecule has 6 nitrogen and oxygen atoms in total. The van der Waals surface area contributed by atoms with Crippen LogP contribution in [0.4, 0.5) is 0 Å². The monoisotopic (exact) mass is 450 g/mol. The molecular weight excluding hydrogens is 435 g/mol. The van der Waals surface area contributed by atoms with Crippen molar-refractivity contribution in [3.8, 4) is 0 Å². The van der Waals surface area contributed by atoms with Gasteiger partial charge in [0.05, 0.1) is 10.9 Å². The summed E-state index contributed by atoms with van der Waals surface area (Å²) in [5, 5.41) is 3.09. The molecule has 1 aliphatic rings. The van der Waals surface area contributed by atoms with Gasteiger partial charge in [-0.1, -0.05) is 11.6 Å². The van der Waals surface area contributed by atoms with Crippen LogP contribution in [0.3, 0.4) is 0 Å². The molecule has 0 saturated heterocycles. The highest BCUT2D eigenvalue weighted by Gasteiger charge is 2.16. The Balaban J connectivity index is 0.00000200. The number of thiophene rings is 1. The molecule has 2 heterocycles. The average molecular weight is 451 g/mol. The molecule has 0 fully saturated rings. The van der Waals surface area contributed by atoms with Gasteiger partial charge < -0.3 is 10.2 Å². The fourth-order valence-electron chi connectivity index (χ4n) is 1.60. The summed E-state index contributed by atoms with van der Waals surface area (Å²) in [5.41, 5.74) is 0. The molecule has 0 radical (unpaired) electrons. The molecule has 2 N–H and O–H groups in total. The van der Waals surface area contributed by atoms with E-state index in [1.165, 1.54) is 6.07 Å². The molecule has 0 aliphatic carbocycles. The van der Waals surface area contributed by atoms with Crippen LogP contribution in [0.15, 0.2) is 21.3 Å². The molecule has 114 valence electrons. The lowest BCUT2D eigenvalue weighted by molar-refractivity contribution is 0.533. The summed E-state index contributed by atoms with van der Waals surface area (Å²) < 4.78 is 27.0. The van der Waals surface area contributed by atoms with Gasteiger partial charge in [-0.15, -0.1) is 35.3 Å². The molecule has 0 amide bonds. The van der Waals surface area contributed by atoms with Crippen LogP contribution in [-0.2, 0) is 10.0 Å². The van der Waals surface area contributed by atoms with Gasteiger partial charge >= 0.3 is 0 Å². The molecule has 0 unspecified atom stereocenters. The number of guanidine groups is 1. The van der Waals surface area contributed by atoms with Gasteiger partial charge in [-0.3, -0.25) is 4.99 Å². The molecule has 1 aromatic rings. The van der Waals surface area contributed by atoms with Crippen LogP contribution in [0.25, 0.3) is 0 Å². The van der Waals surface area contributed by atoms with Gasteiger partial charge in [0.15, 0.2) is 5.96 Å². The molecule has 0 aromatic carbocycles. The summed E-state index contributed by atoms with van der Waals surface area (Å²) in [6.45, 7) is 2.45. The minimum atomic E-state index is -3.46. The Bertz CT molecular complexity index is 576. The zero-order valence-corrected chi connectivity index (χ0v) is 15.5. The van der Waals surface area contributed by atoms with E-state index in [9.17, 15) is 8.42 Å². The van der Waals surface area contributed by atoms with Crippen molar-refractivity contribution in [3.05, 3.63) is 16.5 Å². The van der Waals surface area contributed by atoms with Gasteiger partial charge in [0.2, 0.25) is 10.0 Å². The Morgan fingerprint density at radius 2 is 2.20 bits per heavy atom. The van der Waals surface area contributed by atoms with Crippen LogP contribution in [0.2, 0.25) is 4.34 Å². The topological polar surface area (TPSA) is 73.8 Å². The van der Waals surface area contributed by atoms with Gasteiger partial charge in [-0.2, -0.15) is 0 Å². The summed E-state index contributed by atoms with van der Waals surface area (Å²) in [7, 11) is -1.52. The maximum atomic E-state index is 11.9. The van der Waals surface area contributed by atoms with Crippen molar-refractivity contribution < 1.29 is 8.42 Å². The van der Waals surface area contributed by atoms with E-state index >= 15 is 0 Å². The minimum Gasteiger partial charge on any atom is -0.355 e. The van der Waals surface area contributed by atoms with E-state index in [0.717, 1.165) is 30.4 Å². The second kappa shape index (κ2) is 7.78. The molecule has 2 rings (SSSR count). The average Bonchev–Trinajstić information content (AvgIpc) is 2.94. The summed E-state index contributed by atoms with van der Waals surface area (Å²) in [6, 6.07) is 3.07. The van der Waals surface area contributed by atoms with E-state index in [0.29, 0.717) is 17.4 Å². The van der Waals surface area contributed by atoms with Crippen molar-refractivity contribution in [1.29, 1.82) is 0 Å². The third-order valence-corrected chi connectivity index (χ3v) is 5.76. The number of nitrogens with one attached hydrogen (secondary N) is 2. The first-order chi connectivity index (χ1) is 8.99. The Morgan fingerprint density at radius 1 is 1.45 bits per heavy atom. The van der Waals surface area contributed by atoms with Crippen molar-refractivity contribution in [1.82, 2.24) is 14.9 Å². The van der Waals surface area contributed by atoms with Crippen molar-refractivity contribution in [2.75, 3.05) is 33.2 Å². The molecule has 1 aromatic heterocycles. The number of aliphatic imine (C=N–C) groups is 1. The molecule has 0 spiro atoms. The van der Waals surface area contributed by atoms with Crippen molar-refractivity contribution in [2.45, 2.75) is 4.21 Å². The van der Waals surface area contributed by atoms with E-state index in [1.54, 1.807) is 6.07 Å². The van der Waals surface area contributed by atoms with Crippen LogP contribution in [0, 0.1) is 0 Å². The van der Waals surface area contributed by atoms with Gasteiger partial charge in [0, 0.05) is 26.7 Å². The molecule has 0 atom stereocenters. The quantitative estimate of drug-likeness (QED) is 0.522. The first-order valence-electron chi connectivity index (χ1n) is 5.73. The Labute approximate surface area is 144 Å². The highest BCUT2D eigenvalue weighted by Crippen LogP contribution is 2.25. The van der Waals surface area contributed by atoms with Crippen molar-refractivity contribution in [3.63, 3.8) is 0 Å². The Morgan fingerprint density at radius 3 is 2.75 bits per heavy atom. The fraction of sp³-hybridized carbons (Fsp3) is 0.500. The van der Waals surface area contributed by atoms with Crippen LogP contribution >= 0.6 is 46.9 Å². The first kappa shape index (κ1) is 18.0. The fourth-order valence-corrected chi connectivity index (χ4v) is 4.16. The molecular formula is C10H16ClIN4O2S2. The largest absolute Gasteiger partial charge is 0.355 e. The standard InChI is InChI=1S/C10H15ClN4O2S2.HI/c1-15-7-6-13-10(15)12-4-5-14-19(16,17)9-3-2-8(11)18-9;/h2-3,14H,4-7H2,1H3,(H,12,13);1H. The Kier molecular flexibility index (Phi) is 6.98. The van der Waals surface area contributed by atoms with E-state index in [1.807, 2.05) is 11.9 Å². The van der Waals surface area contributed by atoms with Crippen LogP contribution in [0.5, 0.6) is 0 Å². The predicted octanol–water partition coefficient (Wildman–Crippen LogP) is 1.19. The molecule has 1 aliphatic heterocycles. The third kappa shape index (κ3) is 4.72. The maximum absolute atomic E-state index is 11.9. The van der Waals surface area contributed by atoms with E-state index in [-0.39, 0.29) is 28.2 Å². The summed E-state index contributed by atoms with van der Waals surface area (Å²) >= 11 is 6.76. The first-order valence-corrected chi connectivity index (χ1v) is 8.41. The second-order valence-electron chi connectivity index (χ2n) is 4.01. The number of nitrogens with zero attached hydrogens (tertiary/aromatic N) is 2. The zero-order valence-electron chi connectivity index (χ0n) is 10.8. The summed E-state index contributed by atoms with van der Waals surface area (Å²) in [5.74, 6) is 0.804. The van der Waals surface area contributed by atoms with Crippen molar-refractivity contribution >= 4 is 62.9 Å². The molecule has 10 heteroatoms. The van der Waals surface area contributed by atoms with Gasteiger partial charge in [-0.25, -0.2) is 13.1 Å². The predicted molar refractivity (Wildman–Crippen MR) is 92.9 cm³/mol. The number of rotatable bonds is 5. The van der Waals surface area contributed by atoms with E-state index in [4.69, 9.17) is 11.6 Å². The number of sulfonamides is 1. The number of hydrogen-bond donors (Lipinski definition) is 2. The normalized spacial score (nSPS) is 14.9. The highest BCUT2D eigenvalue weighted by molar-refractivity contribution is 14.0. The zero-order chi connectivity index (χ0) is 13.9. The molecule has 20 heavy (non-hydrogen) atoms. The lowest BCUT2D eigenvalue weighted by Gasteiger charge is -2.15. The number of hydrogen-bond acceptors (Lipinski definition) is 6. The lowest BCUT2D eigenvalue weighted by atomic mass is 10.6. The van der Waals surface area contributed by atoms with Gasteiger partial charge in [0.1, 0.15) is 4.21 Å². The van der Waals surface area contributed by atoms with Gasteiger partial charge in [-0.05, 0) is 12.1 Å². The molecule has 0 saturated carbocycles. The summed E-state index contributed by atoms with van der Waals surface area (Å²) in [4.78, 5) is 6.24. The van der Waals surface area contributed by atoms with Crippen LogP contribution < -0.4 is 10.0 Å². The Hall–Kier alpha value is -0.1000. The smallest absolute Gasteiger partial charge is 0.250 e. The highest BCUT2D eigenvalue weighted by atomic mass is 127. The van der Waals surface area contributed by atoms with Crippen molar-refractivity contribution in [2.24, 2.45) is 4.99 Å². The lowest BCUT2D eigenvalue weighted by Crippen LogP contribution is -2.40. The maximum Gasteiger partial charge on any atom is 0.250 e. The van der Waals surface area contributed by atoms with Gasteiger partial charge in [0.25, 0.3) is 0 Å². The number of halogens is 2. The molecule has 0 bridgehead atoms. The minimum absolute atomic E-state index is 0. The van der Waals surface area contributed by atoms with E-state index in [2.05, 4.69) is 15.0 Å². The van der Waals surface area contributed by atoms with E-state index < -0.39 is 10.0 Å². The van der Waals surface area contributed by atoms with Crippen LogP contribution in [-0.4, -0.2) is 52.5 Å². The SMILES string of the molecule is CN1CCN=C1NCCNS(=O)(=O)c1ccc(Cl)s1.I. The third-order valence-electron chi connectivity index (χ3n) is 2.57. The number of likely N-dealkylation sites (N-methyl/N-ethyl adjacent to an activating group) is 1. The summed E-state index contributed by atoms with van der Waals surface area (Å²) in [6.07, 6.45) is 0.